The maximum Gasteiger partial charge on any atom is 0.332 e. The number of hydrogen-bond donors (Lipinski definition) is 1. The van der Waals surface area contributed by atoms with Crippen molar-refractivity contribution >= 4 is 29.4 Å². The van der Waals surface area contributed by atoms with Gasteiger partial charge in [0.05, 0.1) is 12.2 Å². The van der Waals surface area contributed by atoms with E-state index in [1.165, 1.54) is 18.0 Å². The van der Waals surface area contributed by atoms with E-state index in [1.54, 1.807) is 17.9 Å². The number of halogens is 1. The third-order valence-corrected chi connectivity index (χ3v) is 4.54. The van der Waals surface area contributed by atoms with Crippen LogP contribution in [-0.2, 0) is 20.6 Å². The summed E-state index contributed by atoms with van der Waals surface area (Å²) in [6, 6.07) is 0. The average Bonchev–Trinajstić information content (AvgIpc) is 3.00. The summed E-state index contributed by atoms with van der Waals surface area (Å²) in [5, 5.41) is 8.22. The van der Waals surface area contributed by atoms with Gasteiger partial charge in [0, 0.05) is 40.2 Å². The number of nitrogens with one attached hydrogen (secondary N) is 1. The molecule has 1 saturated heterocycles. The second-order valence-electron chi connectivity index (χ2n) is 6.06. The number of amidine groups is 1. The largest absolute Gasteiger partial charge is 0.361 e. The highest BCUT2D eigenvalue weighted by molar-refractivity contribution is 5.85. The summed E-state index contributed by atoms with van der Waals surface area (Å²) in [5.41, 5.74) is 0.0857. The average molecular weight is 355 g/mol. The first-order chi connectivity index (χ1) is 11.0. The molecule has 0 saturated carbocycles. The minimum atomic E-state index is -0.381. The van der Waals surface area contributed by atoms with Gasteiger partial charge in [-0.3, -0.25) is 19.3 Å². The first-order valence-electron chi connectivity index (χ1n) is 7.94. The van der Waals surface area contributed by atoms with Crippen LogP contribution in [0.3, 0.4) is 0 Å². The number of nitrogens with zero attached hydrogens (tertiary/aromatic N) is 5. The molecule has 1 aliphatic heterocycles. The lowest BCUT2D eigenvalue weighted by Gasteiger charge is -2.29. The van der Waals surface area contributed by atoms with E-state index in [9.17, 15) is 9.59 Å². The molecule has 1 aliphatic rings. The number of imidazole rings is 1. The summed E-state index contributed by atoms with van der Waals surface area (Å²) < 4.78 is 4.22. The molecular weight excluding hydrogens is 332 g/mol. The van der Waals surface area contributed by atoms with E-state index >= 15 is 0 Å². The quantitative estimate of drug-likeness (QED) is 0.649. The van der Waals surface area contributed by atoms with Gasteiger partial charge in [-0.2, -0.15) is 0 Å². The number of aromatic nitrogens is 4. The SMILES string of the molecule is Cl.Cn1c(=O)c2c(ncn2CCC(=N)N2CCCCC2)n(C)c1=O. The Labute approximate surface area is 145 Å². The third-order valence-electron chi connectivity index (χ3n) is 4.54. The van der Waals surface area contributed by atoms with Gasteiger partial charge in [0.15, 0.2) is 11.2 Å². The summed E-state index contributed by atoms with van der Waals surface area (Å²) in [6.45, 7) is 2.40. The predicted octanol–water partition coefficient (Wildman–Crippen LogP) is 0.709. The van der Waals surface area contributed by atoms with Gasteiger partial charge in [-0.15, -0.1) is 12.4 Å². The fourth-order valence-corrected chi connectivity index (χ4v) is 3.11. The molecule has 8 nitrogen and oxygen atoms in total. The molecule has 3 heterocycles. The van der Waals surface area contributed by atoms with Crippen molar-refractivity contribution in [3.05, 3.63) is 27.2 Å². The first-order valence-corrected chi connectivity index (χ1v) is 7.94. The molecule has 2 aromatic heterocycles. The van der Waals surface area contributed by atoms with Crippen LogP contribution >= 0.6 is 12.4 Å². The molecule has 0 amide bonds. The van der Waals surface area contributed by atoms with Crippen LogP contribution in [0, 0.1) is 5.41 Å². The zero-order chi connectivity index (χ0) is 16.6. The number of likely N-dealkylation sites (tertiary alicyclic amines) is 1. The van der Waals surface area contributed by atoms with Crippen LogP contribution in [0.15, 0.2) is 15.9 Å². The Morgan fingerprint density at radius 1 is 1.17 bits per heavy atom. The highest BCUT2D eigenvalue weighted by atomic mass is 35.5. The minimum absolute atomic E-state index is 0. The van der Waals surface area contributed by atoms with E-state index in [4.69, 9.17) is 5.41 Å². The van der Waals surface area contributed by atoms with E-state index in [0.29, 0.717) is 30.0 Å². The molecule has 1 N–H and O–H groups in total. The number of aryl methyl sites for hydroxylation is 2. The maximum atomic E-state index is 12.4. The topological polar surface area (TPSA) is 88.9 Å². The monoisotopic (exact) mass is 354 g/mol. The Kier molecular flexibility index (Phi) is 5.48. The van der Waals surface area contributed by atoms with Gasteiger partial charge in [0.25, 0.3) is 5.56 Å². The molecule has 2 aromatic rings. The Balaban J connectivity index is 0.00000208. The number of rotatable bonds is 3. The van der Waals surface area contributed by atoms with E-state index in [1.807, 2.05) is 0 Å². The molecule has 1 fully saturated rings. The molecule has 0 spiro atoms. The van der Waals surface area contributed by atoms with Gasteiger partial charge in [-0.25, -0.2) is 9.78 Å². The fourth-order valence-electron chi connectivity index (χ4n) is 3.11. The number of fused-ring (bicyclic) bond motifs is 1. The molecule has 0 unspecified atom stereocenters. The van der Waals surface area contributed by atoms with Crippen molar-refractivity contribution in [2.45, 2.75) is 32.2 Å². The Morgan fingerprint density at radius 3 is 2.50 bits per heavy atom. The standard InChI is InChI=1S/C15H22N6O2.ClH/c1-18-13-12(14(22)19(2)15(18)23)21(10-17-13)9-6-11(16)20-7-4-3-5-8-20;/h10,16H,3-9H2,1-2H3;1H. The highest BCUT2D eigenvalue weighted by Gasteiger charge is 2.16. The summed E-state index contributed by atoms with van der Waals surface area (Å²) in [4.78, 5) is 30.6. The van der Waals surface area contributed by atoms with Gasteiger partial charge in [0.2, 0.25) is 0 Å². The molecular formula is C15H23ClN6O2. The summed E-state index contributed by atoms with van der Waals surface area (Å²) in [6.07, 6.45) is 5.64. The van der Waals surface area contributed by atoms with E-state index in [0.717, 1.165) is 30.5 Å². The van der Waals surface area contributed by atoms with Crippen LogP contribution in [0.2, 0.25) is 0 Å². The molecule has 3 rings (SSSR count). The summed E-state index contributed by atoms with van der Waals surface area (Å²) >= 11 is 0. The smallest absolute Gasteiger partial charge is 0.332 e. The van der Waals surface area contributed by atoms with Crippen molar-refractivity contribution in [2.75, 3.05) is 13.1 Å². The van der Waals surface area contributed by atoms with Crippen LogP contribution in [0.25, 0.3) is 11.2 Å². The molecule has 0 bridgehead atoms. The van der Waals surface area contributed by atoms with Gasteiger partial charge < -0.3 is 9.47 Å². The first kappa shape index (κ1) is 18.3. The predicted molar refractivity (Wildman–Crippen MR) is 95.2 cm³/mol. The molecule has 132 valence electrons. The van der Waals surface area contributed by atoms with Crippen LogP contribution in [0.4, 0.5) is 0 Å². The van der Waals surface area contributed by atoms with Gasteiger partial charge in [0.1, 0.15) is 0 Å². The second kappa shape index (κ2) is 7.21. The van der Waals surface area contributed by atoms with Crippen LogP contribution in [-0.4, -0.2) is 42.5 Å². The molecule has 0 aliphatic carbocycles. The second-order valence-corrected chi connectivity index (χ2v) is 6.06. The lowest BCUT2D eigenvalue weighted by molar-refractivity contribution is 0.333. The van der Waals surface area contributed by atoms with Crippen molar-refractivity contribution in [1.82, 2.24) is 23.6 Å². The highest BCUT2D eigenvalue weighted by Crippen LogP contribution is 2.12. The minimum Gasteiger partial charge on any atom is -0.361 e. The van der Waals surface area contributed by atoms with Gasteiger partial charge in [-0.05, 0) is 19.3 Å². The summed E-state index contributed by atoms with van der Waals surface area (Å²) in [7, 11) is 3.08. The zero-order valence-corrected chi connectivity index (χ0v) is 14.8. The van der Waals surface area contributed by atoms with Gasteiger partial charge >= 0.3 is 5.69 Å². The third kappa shape index (κ3) is 3.10. The lowest BCUT2D eigenvalue weighted by Crippen LogP contribution is -2.38. The van der Waals surface area contributed by atoms with Crippen molar-refractivity contribution in [2.24, 2.45) is 14.1 Å². The number of hydrogen-bond acceptors (Lipinski definition) is 4. The Morgan fingerprint density at radius 2 is 1.83 bits per heavy atom. The lowest BCUT2D eigenvalue weighted by atomic mass is 10.1. The van der Waals surface area contributed by atoms with Crippen LogP contribution in [0.5, 0.6) is 0 Å². The van der Waals surface area contributed by atoms with Crippen molar-refractivity contribution in [1.29, 1.82) is 5.41 Å². The van der Waals surface area contributed by atoms with Crippen molar-refractivity contribution in [3.63, 3.8) is 0 Å². The molecule has 24 heavy (non-hydrogen) atoms. The van der Waals surface area contributed by atoms with Gasteiger partial charge in [-0.1, -0.05) is 0 Å². The summed E-state index contributed by atoms with van der Waals surface area (Å²) in [5.74, 6) is 0.605. The molecule has 0 radical (unpaired) electrons. The van der Waals surface area contributed by atoms with E-state index < -0.39 is 0 Å². The van der Waals surface area contributed by atoms with Crippen molar-refractivity contribution < 1.29 is 0 Å². The van der Waals surface area contributed by atoms with E-state index in [-0.39, 0.29) is 23.7 Å². The Bertz CT molecular complexity index is 859. The molecule has 0 aromatic carbocycles. The normalized spacial score (nSPS) is 14.7. The molecule has 0 atom stereocenters. The Hall–Kier alpha value is -2.09. The number of piperidine rings is 1. The van der Waals surface area contributed by atoms with E-state index in [2.05, 4.69) is 9.88 Å². The molecule has 9 heteroatoms. The fraction of sp³-hybridized carbons (Fsp3) is 0.600. The zero-order valence-electron chi connectivity index (χ0n) is 14.0. The van der Waals surface area contributed by atoms with Crippen molar-refractivity contribution in [3.8, 4) is 0 Å². The van der Waals surface area contributed by atoms with Crippen LogP contribution in [0.1, 0.15) is 25.7 Å². The van der Waals surface area contributed by atoms with Crippen LogP contribution < -0.4 is 11.2 Å². The maximum absolute atomic E-state index is 12.4.